The zero-order valence-electron chi connectivity index (χ0n) is 13.4. The average molecular weight is 342 g/mol. The molecule has 0 N–H and O–H groups in total. The van der Waals surface area contributed by atoms with Crippen molar-refractivity contribution in [1.29, 1.82) is 0 Å². The summed E-state index contributed by atoms with van der Waals surface area (Å²) < 4.78 is 16.7. The molecule has 3 aromatic rings. The molecule has 2 nitrogen and oxygen atoms in total. The summed E-state index contributed by atoms with van der Waals surface area (Å²) in [4.78, 5) is 0. The molecule has 23 heavy (non-hydrogen) atoms. The first-order valence-corrected chi connectivity index (χ1v) is 9.52. The van der Waals surface area contributed by atoms with Crippen molar-refractivity contribution in [2.45, 2.75) is 25.5 Å². The summed E-state index contributed by atoms with van der Waals surface area (Å²) >= 11 is 1.62. The van der Waals surface area contributed by atoms with Gasteiger partial charge in [-0.05, 0) is 49.1 Å². The Bertz CT molecular complexity index is 874. The molecule has 1 heterocycles. The lowest BCUT2D eigenvalue weighted by atomic mass is 10.0. The van der Waals surface area contributed by atoms with Gasteiger partial charge in [-0.15, -0.1) is 0 Å². The molecule has 0 radical (unpaired) electrons. The van der Waals surface area contributed by atoms with E-state index in [1.165, 1.54) is 5.39 Å². The van der Waals surface area contributed by atoms with Gasteiger partial charge in [0, 0.05) is 16.5 Å². The zero-order chi connectivity index (χ0) is 16.4. The summed E-state index contributed by atoms with van der Waals surface area (Å²) in [6.07, 6.45) is 0. The summed E-state index contributed by atoms with van der Waals surface area (Å²) in [5, 5.41) is 6.42. The molecule has 3 rings (SSSR count). The predicted molar refractivity (Wildman–Crippen MR) is 102 cm³/mol. The fourth-order valence-corrected chi connectivity index (χ4v) is 3.52. The molecule has 4 heteroatoms. The third-order valence-corrected chi connectivity index (χ3v) is 5.59. The molecule has 0 aliphatic carbocycles. The van der Waals surface area contributed by atoms with Crippen molar-refractivity contribution in [3.05, 3.63) is 70.4 Å². The minimum absolute atomic E-state index is 0.377. The van der Waals surface area contributed by atoms with Gasteiger partial charge in [0.25, 0.3) is 0 Å². The number of nitrogens with zero attached hydrogens (tertiary/aromatic N) is 1. The van der Waals surface area contributed by atoms with Crippen LogP contribution in [0.5, 0.6) is 0 Å². The second kappa shape index (κ2) is 6.38. The standard InChI is InChI=1S/C19H19NOS2/c1-19(2,3)23(21)20-18(17-10-11-22-13-17)16-9-8-14-6-4-5-7-15(14)12-16/h4-13H,1-3H3. The van der Waals surface area contributed by atoms with Crippen molar-refractivity contribution in [1.82, 2.24) is 0 Å². The lowest BCUT2D eigenvalue weighted by molar-refractivity contribution is 0.650. The topological polar surface area (TPSA) is 29.4 Å². The van der Waals surface area contributed by atoms with E-state index >= 15 is 0 Å². The van der Waals surface area contributed by atoms with Crippen LogP contribution in [0, 0.1) is 0 Å². The largest absolute Gasteiger partial charge is 0.234 e. The summed E-state index contributed by atoms with van der Waals surface area (Å²) in [5.74, 6) is 0. The first-order chi connectivity index (χ1) is 10.9. The Balaban J connectivity index is 2.14. The molecular formula is C19H19NOS2. The number of thiophene rings is 1. The molecule has 0 spiro atoms. The quantitative estimate of drug-likeness (QED) is 0.602. The van der Waals surface area contributed by atoms with E-state index in [4.69, 9.17) is 0 Å². The van der Waals surface area contributed by atoms with Gasteiger partial charge >= 0.3 is 0 Å². The van der Waals surface area contributed by atoms with E-state index in [0.29, 0.717) is 0 Å². The lowest BCUT2D eigenvalue weighted by Crippen LogP contribution is -2.21. The molecule has 0 aliphatic heterocycles. The lowest BCUT2D eigenvalue weighted by Gasteiger charge is -2.15. The van der Waals surface area contributed by atoms with E-state index in [2.05, 4.69) is 34.7 Å². The molecule has 0 fully saturated rings. The third-order valence-electron chi connectivity index (χ3n) is 3.52. The predicted octanol–water partition coefficient (Wildman–Crippen LogP) is 5.20. The maximum absolute atomic E-state index is 12.5. The number of hydrogen-bond acceptors (Lipinski definition) is 2. The highest BCUT2D eigenvalue weighted by Crippen LogP contribution is 2.22. The van der Waals surface area contributed by atoms with E-state index in [9.17, 15) is 4.21 Å². The van der Waals surface area contributed by atoms with Gasteiger partial charge in [0.2, 0.25) is 0 Å². The molecule has 0 bridgehead atoms. The van der Waals surface area contributed by atoms with Crippen molar-refractivity contribution >= 4 is 38.8 Å². The van der Waals surface area contributed by atoms with Gasteiger partial charge in [-0.25, -0.2) is 4.21 Å². The van der Waals surface area contributed by atoms with Gasteiger partial charge in [0.1, 0.15) is 11.0 Å². The van der Waals surface area contributed by atoms with Crippen molar-refractivity contribution in [3.8, 4) is 0 Å². The van der Waals surface area contributed by atoms with Crippen LogP contribution in [0.15, 0.2) is 63.7 Å². The molecule has 1 atom stereocenters. The minimum atomic E-state index is -1.29. The third kappa shape index (κ3) is 3.59. The van der Waals surface area contributed by atoms with Gasteiger partial charge < -0.3 is 0 Å². The van der Waals surface area contributed by atoms with Crippen molar-refractivity contribution in [2.75, 3.05) is 0 Å². The van der Waals surface area contributed by atoms with Crippen LogP contribution in [0.1, 0.15) is 31.9 Å². The number of benzene rings is 2. The molecule has 0 saturated carbocycles. The molecule has 0 aliphatic rings. The van der Waals surface area contributed by atoms with Crippen molar-refractivity contribution < 1.29 is 4.21 Å². The first kappa shape index (κ1) is 16.1. The van der Waals surface area contributed by atoms with Crippen LogP contribution >= 0.6 is 11.3 Å². The monoisotopic (exact) mass is 341 g/mol. The van der Waals surface area contributed by atoms with E-state index in [-0.39, 0.29) is 4.75 Å². The van der Waals surface area contributed by atoms with Crippen LogP contribution in [0.4, 0.5) is 0 Å². The van der Waals surface area contributed by atoms with Crippen LogP contribution in [0.25, 0.3) is 10.8 Å². The normalized spacial score (nSPS) is 14.1. The summed E-state index contributed by atoms with van der Waals surface area (Å²) in [5.41, 5.74) is 2.81. The van der Waals surface area contributed by atoms with E-state index < -0.39 is 11.0 Å². The van der Waals surface area contributed by atoms with E-state index in [0.717, 1.165) is 22.2 Å². The summed E-state index contributed by atoms with van der Waals surface area (Å²) in [7, 11) is -1.29. The van der Waals surface area contributed by atoms with Crippen molar-refractivity contribution in [3.63, 3.8) is 0 Å². The Morgan fingerprint density at radius 2 is 1.74 bits per heavy atom. The Labute approximate surface area is 143 Å². The van der Waals surface area contributed by atoms with E-state index in [1.54, 1.807) is 11.3 Å². The minimum Gasteiger partial charge on any atom is -0.234 e. The van der Waals surface area contributed by atoms with Crippen LogP contribution in [-0.2, 0) is 11.0 Å². The van der Waals surface area contributed by atoms with E-state index in [1.807, 2.05) is 49.7 Å². The van der Waals surface area contributed by atoms with Crippen LogP contribution in [0.3, 0.4) is 0 Å². The van der Waals surface area contributed by atoms with Gasteiger partial charge in [-0.2, -0.15) is 15.7 Å². The van der Waals surface area contributed by atoms with Crippen LogP contribution in [-0.4, -0.2) is 14.7 Å². The number of hydrogen-bond donors (Lipinski definition) is 0. The highest BCUT2D eigenvalue weighted by atomic mass is 32.2. The fourth-order valence-electron chi connectivity index (χ4n) is 2.23. The second-order valence-corrected chi connectivity index (χ2v) is 9.06. The SMILES string of the molecule is CC(C)(C)S(=O)N=C(c1ccsc1)c1ccc2ccccc2c1. The van der Waals surface area contributed by atoms with Gasteiger partial charge in [-0.1, -0.05) is 36.4 Å². The molecule has 0 amide bonds. The first-order valence-electron chi connectivity index (χ1n) is 7.47. The highest BCUT2D eigenvalue weighted by Gasteiger charge is 2.21. The van der Waals surface area contributed by atoms with Gasteiger partial charge in [0.05, 0.1) is 10.5 Å². The smallest absolute Gasteiger partial charge is 0.145 e. The Hall–Kier alpha value is -1.78. The van der Waals surface area contributed by atoms with Gasteiger partial charge in [0.15, 0.2) is 0 Å². The molecule has 2 aromatic carbocycles. The second-order valence-electron chi connectivity index (χ2n) is 6.38. The van der Waals surface area contributed by atoms with Crippen molar-refractivity contribution in [2.24, 2.45) is 4.40 Å². The molecule has 0 saturated heterocycles. The number of fused-ring (bicyclic) bond motifs is 1. The Morgan fingerprint density at radius 1 is 1.00 bits per heavy atom. The average Bonchev–Trinajstić information content (AvgIpc) is 3.05. The highest BCUT2D eigenvalue weighted by molar-refractivity contribution is 7.85. The Kier molecular flexibility index (Phi) is 4.46. The maximum atomic E-state index is 12.5. The Morgan fingerprint density at radius 3 is 2.39 bits per heavy atom. The van der Waals surface area contributed by atoms with Gasteiger partial charge in [-0.3, -0.25) is 0 Å². The molecule has 1 unspecified atom stereocenters. The summed E-state index contributed by atoms with van der Waals surface area (Å²) in [6.45, 7) is 5.83. The molecular weight excluding hydrogens is 322 g/mol. The van der Waals surface area contributed by atoms with Crippen LogP contribution in [0.2, 0.25) is 0 Å². The number of rotatable bonds is 3. The maximum Gasteiger partial charge on any atom is 0.145 e. The zero-order valence-corrected chi connectivity index (χ0v) is 15.1. The fraction of sp³-hybridized carbons (Fsp3) is 0.211. The molecule has 118 valence electrons. The van der Waals surface area contributed by atoms with Crippen LogP contribution < -0.4 is 0 Å². The summed E-state index contributed by atoms with van der Waals surface area (Å²) in [6, 6.07) is 16.5. The molecule has 1 aromatic heterocycles.